The Morgan fingerprint density at radius 2 is 2.23 bits per heavy atom. The largest absolute Gasteiger partial charge is 0.477 e. The maximum atomic E-state index is 10.6. The molecule has 0 amide bonds. The maximum Gasteiger partial charge on any atom is 0.345 e. The number of rotatable bonds is 2. The van der Waals surface area contributed by atoms with Crippen LogP contribution in [0.4, 0.5) is 0 Å². The van der Waals surface area contributed by atoms with Gasteiger partial charge < -0.3 is 10.1 Å². The lowest BCUT2D eigenvalue weighted by molar-refractivity contribution is 0.0702. The zero-order chi connectivity index (χ0) is 9.26. The van der Waals surface area contributed by atoms with Crippen molar-refractivity contribution in [2.45, 2.75) is 0 Å². The van der Waals surface area contributed by atoms with Crippen LogP contribution in [0.5, 0.6) is 0 Å². The lowest BCUT2D eigenvalue weighted by Crippen LogP contribution is -1.89. The standard InChI is InChI=1S/C9H7NO2S/c11-9(12)8-4-3-7(13-8)6-2-1-5-10-6/h1-5,10H,(H,11,12). The molecule has 2 aromatic rings. The van der Waals surface area contributed by atoms with Crippen LogP contribution in [0, 0.1) is 0 Å². The van der Waals surface area contributed by atoms with Crippen molar-refractivity contribution in [2.24, 2.45) is 0 Å². The van der Waals surface area contributed by atoms with Crippen LogP contribution in [0.3, 0.4) is 0 Å². The van der Waals surface area contributed by atoms with Crippen LogP contribution in [0.2, 0.25) is 0 Å². The Kier molecular flexibility index (Phi) is 1.90. The molecule has 2 heterocycles. The molecule has 0 atom stereocenters. The fourth-order valence-corrected chi connectivity index (χ4v) is 1.91. The third-order valence-corrected chi connectivity index (χ3v) is 2.79. The van der Waals surface area contributed by atoms with E-state index in [-0.39, 0.29) is 0 Å². The number of nitrogens with one attached hydrogen (secondary N) is 1. The summed E-state index contributed by atoms with van der Waals surface area (Å²) in [6, 6.07) is 7.22. The lowest BCUT2D eigenvalue weighted by Gasteiger charge is -1.88. The number of hydrogen-bond donors (Lipinski definition) is 2. The molecule has 0 aromatic carbocycles. The number of H-pyrrole nitrogens is 1. The first-order valence-electron chi connectivity index (χ1n) is 3.74. The van der Waals surface area contributed by atoms with Gasteiger partial charge in [-0.3, -0.25) is 0 Å². The van der Waals surface area contributed by atoms with Crippen molar-refractivity contribution in [2.75, 3.05) is 0 Å². The van der Waals surface area contributed by atoms with Gasteiger partial charge in [-0.05, 0) is 24.3 Å². The first-order valence-corrected chi connectivity index (χ1v) is 4.56. The van der Waals surface area contributed by atoms with E-state index in [0.29, 0.717) is 4.88 Å². The van der Waals surface area contributed by atoms with E-state index in [1.165, 1.54) is 11.3 Å². The Balaban J connectivity index is 2.39. The van der Waals surface area contributed by atoms with Gasteiger partial charge in [0.2, 0.25) is 0 Å². The highest BCUT2D eigenvalue weighted by atomic mass is 32.1. The summed E-state index contributed by atoms with van der Waals surface area (Å²) in [5.74, 6) is -0.872. The Morgan fingerprint density at radius 3 is 2.77 bits per heavy atom. The van der Waals surface area contributed by atoms with Gasteiger partial charge in [0.25, 0.3) is 0 Å². The quantitative estimate of drug-likeness (QED) is 0.769. The molecule has 0 saturated carbocycles. The van der Waals surface area contributed by atoms with Crippen molar-refractivity contribution in [1.82, 2.24) is 4.98 Å². The number of aromatic amines is 1. The summed E-state index contributed by atoms with van der Waals surface area (Å²) in [4.78, 5) is 14.9. The monoisotopic (exact) mass is 193 g/mol. The molecule has 2 aromatic heterocycles. The molecule has 3 nitrogen and oxygen atoms in total. The third-order valence-electron chi connectivity index (χ3n) is 1.68. The van der Waals surface area contributed by atoms with E-state index >= 15 is 0 Å². The van der Waals surface area contributed by atoms with Gasteiger partial charge in [-0.15, -0.1) is 11.3 Å². The van der Waals surface area contributed by atoms with E-state index in [0.717, 1.165) is 10.6 Å². The molecular formula is C9H7NO2S. The predicted octanol–water partition coefficient (Wildman–Crippen LogP) is 2.44. The minimum absolute atomic E-state index is 0.365. The molecule has 0 spiro atoms. The van der Waals surface area contributed by atoms with Crippen LogP contribution in [0.1, 0.15) is 9.67 Å². The number of thiophene rings is 1. The van der Waals surface area contributed by atoms with E-state index in [9.17, 15) is 4.79 Å². The van der Waals surface area contributed by atoms with Gasteiger partial charge in [-0.1, -0.05) is 0 Å². The highest BCUT2D eigenvalue weighted by Crippen LogP contribution is 2.26. The van der Waals surface area contributed by atoms with Crippen molar-refractivity contribution in [3.63, 3.8) is 0 Å². The van der Waals surface area contributed by atoms with Crippen LogP contribution in [-0.2, 0) is 0 Å². The van der Waals surface area contributed by atoms with Crippen molar-refractivity contribution in [3.8, 4) is 10.6 Å². The first-order chi connectivity index (χ1) is 6.27. The van der Waals surface area contributed by atoms with Gasteiger partial charge in [0, 0.05) is 6.20 Å². The summed E-state index contributed by atoms with van der Waals surface area (Å²) >= 11 is 1.27. The molecule has 0 bridgehead atoms. The van der Waals surface area contributed by atoms with Crippen molar-refractivity contribution in [1.29, 1.82) is 0 Å². The van der Waals surface area contributed by atoms with Gasteiger partial charge in [0.05, 0.1) is 10.6 Å². The minimum Gasteiger partial charge on any atom is -0.477 e. The highest BCUT2D eigenvalue weighted by molar-refractivity contribution is 7.17. The number of carboxylic acids is 1. The molecule has 0 aliphatic carbocycles. The molecular weight excluding hydrogens is 186 g/mol. The number of carboxylic acid groups (broad SMARTS) is 1. The van der Waals surface area contributed by atoms with E-state index in [1.807, 2.05) is 18.3 Å². The second-order valence-corrected chi connectivity index (χ2v) is 3.64. The summed E-state index contributed by atoms with van der Waals surface area (Å²) in [5, 5.41) is 8.70. The number of aromatic carboxylic acids is 1. The normalized spacial score (nSPS) is 10.2. The average Bonchev–Trinajstić information content (AvgIpc) is 2.75. The van der Waals surface area contributed by atoms with Crippen LogP contribution < -0.4 is 0 Å². The second-order valence-electron chi connectivity index (χ2n) is 2.55. The molecule has 0 fully saturated rings. The summed E-state index contributed by atoms with van der Waals surface area (Å²) < 4.78 is 0. The SMILES string of the molecule is O=C(O)c1ccc(-c2ccc[nH]2)s1. The van der Waals surface area contributed by atoms with Gasteiger partial charge >= 0.3 is 5.97 Å². The van der Waals surface area contributed by atoms with Crippen molar-refractivity contribution < 1.29 is 9.90 Å². The molecule has 0 aliphatic rings. The van der Waals surface area contributed by atoms with E-state index < -0.39 is 5.97 Å². The zero-order valence-electron chi connectivity index (χ0n) is 6.65. The Labute approximate surface area is 78.7 Å². The minimum atomic E-state index is -0.872. The summed E-state index contributed by atoms with van der Waals surface area (Å²) in [6.07, 6.45) is 1.81. The Morgan fingerprint density at radius 1 is 1.38 bits per heavy atom. The van der Waals surface area contributed by atoms with E-state index in [2.05, 4.69) is 4.98 Å². The zero-order valence-corrected chi connectivity index (χ0v) is 7.47. The fraction of sp³-hybridized carbons (Fsp3) is 0. The second kappa shape index (κ2) is 3.06. The van der Waals surface area contributed by atoms with Crippen molar-refractivity contribution in [3.05, 3.63) is 35.3 Å². The van der Waals surface area contributed by atoms with Gasteiger partial charge in [0.1, 0.15) is 4.88 Å². The Bertz CT molecular complexity index is 417. The van der Waals surface area contributed by atoms with E-state index in [1.54, 1.807) is 12.1 Å². The molecule has 2 rings (SSSR count). The molecule has 2 N–H and O–H groups in total. The van der Waals surface area contributed by atoms with Gasteiger partial charge in [0.15, 0.2) is 0 Å². The molecule has 4 heteroatoms. The number of aromatic nitrogens is 1. The summed E-state index contributed by atoms with van der Waals surface area (Å²) in [5.41, 5.74) is 0.956. The lowest BCUT2D eigenvalue weighted by atomic mass is 10.3. The third kappa shape index (κ3) is 1.48. The van der Waals surface area contributed by atoms with Crippen LogP contribution in [0.15, 0.2) is 30.5 Å². The van der Waals surface area contributed by atoms with Crippen LogP contribution >= 0.6 is 11.3 Å². The molecule has 0 aliphatic heterocycles. The number of hydrogen-bond acceptors (Lipinski definition) is 2. The van der Waals surface area contributed by atoms with Crippen molar-refractivity contribution >= 4 is 17.3 Å². The van der Waals surface area contributed by atoms with Gasteiger partial charge in [-0.25, -0.2) is 4.79 Å². The molecule has 13 heavy (non-hydrogen) atoms. The van der Waals surface area contributed by atoms with Gasteiger partial charge in [-0.2, -0.15) is 0 Å². The smallest absolute Gasteiger partial charge is 0.345 e. The molecule has 0 unspecified atom stereocenters. The summed E-state index contributed by atoms with van der Waals surface area (Å²) in [7, 11) is 0. The van der Waals surface area contributed by atoms with Crippen LogP contribution in [-0.4, -0.2) is 16.1 Å². The maximum absolute atomic E-state index is 10.6. The molecule has 0 saturated heterocycles. The molecule has 66 valence electrons. The average molecular weight is 193 g/mol. The topological polar surface area (TPSA) is 53.1 Å². The van der Waals surface area contributed by atoms with Crippen LogP contribution in [0.25, 0.3) is 10.6 Å². The Hall–Kier alpha value is -1.55. The number of carbonyl (C=O) groups is 1. The molecule has 0 radical (unpaired) electrons. The van der Waals surface area contributed by atoms with E-state index in [4.69, 9.17) is 5.11 Å². The predicted molar refractivity (Wildman–Crippen MR) is 51.1 cm³/mol. The highest BCUT2D eigenvalue weighted by Gasteiger charge is 2.07. The fourth-order valence-electron chi connectivity index (χ4n) is 1.08. The first kappa shape index (κ1) is 8.07. The summed E-state index contributed by atoms with van der Waals surface area (Å²) in [6.45, 7) is 0.